The molecule has 0 spiro atoms. The van der Waals surface area contributed by atoms with Gasteiger partial charge in [-0.3, -0.25) is 4.90 Å². The maximum Gasteiger partial charge on any atom is 0.404 e. The molecule has 148 valence electrons. The van der Waals surface area contributed by atoms with Gasteiger partial charge in [0, 0.05) is 18.5 Å². The molecule has 1 aromatic carbocycles. The van der Waals surface area contributed by atoms with Crippen LogP contribution in [0.5, 0.6) is 0 Å². The molecule has 0 unspecified atom stereocenters. The molecule has 3 aliphatic rings. The van der Waals surface area contributed by atoms with Crippen LogP contribution in [-0.4, -0.2) is 41.8 Å². The van der Waals surface area contributed by atoms with Crippen LogP contribution in [-0.2, 0) is 12.8 Å². The van der Waals surface area contributed by atoms with Crippen LogP contribution in [0.2, 0.25) is 0 Å². The summed E-state index contributed by atoms with van der Waals surface area (Å²) in [6.07, 6.45) is 12.2. The molecule has 1 aliphatic heterocycles. The number of likely N-dealkylation sites (tertiary alicyclic amines) is 1. The van der Waals surface area contributed by atoms with Crippen molar-refractivity contribution in [2.45, 2.75) is 76.2 Å². The lowest BCUT2D eigenvalue weighted by Crippen LogP contribution is -2.36. The Morgan fingerprint density at radius 3 is 2.81 bits per heavy atom. The van der Waals surface area contributed by atoms with Crippen LogP contribution >= 0.6 is 0 Å². The first-order chi connectivity index (χ1) is 13.2. The fourth-order valence-electron chi connectivity index (χ4n) is 5.90. The summed E-state index contributed by atoms with van der Waals surface area (Å²) in [4.78, 5) is 13.5. The number of nitrogens with one attached hydrogen (secondary N) is 1. The molecule has 1 heterocycles. The SMILES string of the molecule is O=C(O)NCCc1cccc2c1CC[C@@H]1[C@H]2CCN1CCC1CCCCC1. The summed E-state index contributed by atoms with van der Waals surface area (Å²) in [7, 11) is 0. The third-order valence-electron chi connectivity index (χ3n) is 7.28. The van der Waals surface area contributed by atoms with Crippen LogP contribution in [0.4, 0.5) is 4.79 Å². The Morgan fingerprint density at radius 1 is 1.15 bits per heavy atom. The molecule has 4 nitrogen and oxygen atoms in total. The van der Waals surface area contributed by atoms with Crippen molar-refractivity contribution in [2.75, 3.05) is 19.6 Å². The summed E-state index contributed by atoms with van der Waals surface area (Å²) in [5, 5.41) is 11.3. The molecule has 2 fully saturated rings. The van der Waals surface area contributed by atoms with E-state index in [2.05, 4.69) is 28.4 Å². The smallest absolute Gasteiger partial charge is 0.404 e. The van der Waals surface area contributed by atoms with E-state index in [1.54, 1.807) is 5.56 Å². The van der Waals surface area contributed by atoms with Gasteiger partial charge in [-0.05, 0) is 67.8 Å². The average Bonchev–Trinajstić information content (AvgIpc) is 3.10. The molecule has 2 aliphatic carbocycles. The van der Waals surface area contributed by atoms with Gasteiger partial charge in [0.15, 0.2) is 0 Å². The topological polar surface area (TPSA) is 52.6 Å². The van der Waals surface area contributed by atoms with Gasteiger partial charge in [0.05, 0.1) is 0 Å². The summed E-state index contributed by atoms with van der Waals surface area (Å²) < 4.78 is 0. The van der Waals surface area contributed by atoms with E-state index in [1.165, 1.54) is 75.6 Å². The Kier molecular flexibility index (Phi) is 6.01. The van der Waals surface area contributed by atoms with E-state index in [0.717, 1.165) is 24.8 Å². The van der Waals surface area contributed by atoms with Crippen molar-refractivity contribution in [3.8, 4) is 0 Å². The lowest BCUT2D eigenvalue weighted by atomic mass is 9.77. The number of hydrogen-bond donors (Lipinski definition) is 2. The molecule has 1 saturated carbocycles. The Labute approximate surface area is 163 Å². The number of hydrogen-bond acceptors (Lipinski definition) is 2. The normalized spacial score (nSPS) is 25.8. The molecular weight excluding hydrogens is 336 g/mol. The number of nitrogens with zero attached hydrogens (tertiary/aromatic N) is 1. The van der Waals surface area contributed by atoms with E-state index in [1.807, 2.05) is 0 Å². The highest BCUT2D eigenvalue weighted by atomic mass is 16.4. The first-order valence-electron chi connectivity index (χ1n) is 11.0. The van der Waals surface area contributed by atoms with Gasteiger partial charge in [-0.15, -0.1) is 0 Å². The number of benzene rings is 1. The van der Waals surface area contributed by atoms with Gasteiger partial charge >= 0.3 is 6.09 Å². The first kappa shape index (κ1) is 18.8. The average molecular weight is 371 g/mol. The monoisotopic (exact) mass is 370 g/mol. The summed E-state index contributed by atoms with van der Waals surface area (Å²) in [6.45, 7) is 3.06. The lowest BCUT2D eigenvalue weighted by molar-refractivity contribution is 0.194. The second-order valence-corrected chi connectivity index (χ2v) is 8.80. The van der Waals surface area contributed by atoms with Gasteiger partial charge in [-0.1, -0.05) is 50.3 Å². The Morgan fingerprint density at radius 2 is 2.00 bits per heavy atom. The zero-order chi connectivity index (χ0) is 18.6. The minimum Gasteiger partial charge on any atom is -0.465 e. The zero-order valence-corrected chi connectivity index (χ0v) is 16.5. The minimum absolute atomic E-state index is 0.507. The highest BCUT2D eigenvalue weighted by Crippen LogP contribution is 2.43. The highest BCUT2D eigenvalue weighted by molar-refractivity contribution is 5.64. The van der Waals surface area contributed by atoms with E-state index < -0.39 is 6.09 Å². The van der Waals surface area contributed by atoms with Crippen molar-refractivity contribution in [3.63, 3.8) is 0 Å². The molecule has 4 rings (SSSR count). The van der Waals surface area contributed by atoms with Crippen LogP contribution in [0.1, 0.15) is 74.0 Å². The van der Waals surface area contributed by atoms with Crippen LogP contribution < -0.4 is 5.32 Å². The quantitative estimate of drug-likeness (QED) is 0.771. The molecule has 0 aromatic heterocycles. The van der Waals surface area contributed by atoms with Gasteiger partial charge in [0.2, 0.25) is 0 Å². The van der Waals surface area contributed by atoms with Gasteiger partial charge in [0.1, 0.15) is 0 Å². The fraction of sp³-hybridized carbons (Fsp3) is 0.696. The molecule has 2 N–H and O–H groups in total. The molecule has 27 heavy (non-hydrogen) atoms. The van der Waals surface area contributed by atoms with Crippen LogP contribution in [0, 0.1) is 5.92 Å². The van der Waals surface area contributed by atoms with E-state index >= 15 is 0 Å². The highest BCUT2D eigenvalue weighted by Gasteiger charge is 2.38. The molecular formula is C23H34N2O2. The molecule has 4 heteroatoms. The zero-order valence-electron chi connectivity index (χ0n) is 16.5. The maximum absolute atomic E-state index is 10.7. The lowest BCUT2D eigenvalue weighted by Gasteiger charge is -2.35. The van der Waals surface area contributed by atoms with Gasteiger partial charge in [0.25, 0.3) is 0 Å². The third kappa shape index (κ3) is 4.31. The van der Waals surface area contributed by atoms with Crippen molar-refractivity contribution in [1.82, 2.24) is 10.2 Å². The van der Waals surface area contributed by atoms with E-state index in [0.29, 0.717) is 12.5 Å². The van der Waals surface area contributed by atoms with Crippen molar-refractivity contribution in [2.24, 2.45) is 5.92 Å². The van der Waals surface area contributed by atoms with E-state index in [9.17, 15) is 4.79 Å². The number of fused-ring (bicyclic) bond motifs is 3. The van der Waals surface area contributed by atoms with Crippen molar-refractivity contribution in [1.29, 1.82) is 0 Å². The Bertz CT molecular complexity index is 654. The number of carbonyl (C=O) groups is 1. The maximum atomic E-state index is 10.7. The standard InChI is InChI=1S/C23H34N2O2/c26-23(27)24-14-11-18-7-4-8-20-19(18)9-10-22-21(20)13-16-25(22)15-12-17-5-2-1-3-6-17/h4,7-8,17,21-22,24H,1-3,5-6,9-16H2,(H,26,27)/t21-,22+/m0/s1. The molecule has 2 atom stereocenters. The molecule has 1 saturated heterocycles. The van der Waals surface area contributed by atoms with Crippen molar-refractivity contribution in [3.05, 3.63) is 34.9 Å². The van der Waals surface area contributed by atoms with Crippen molar-refractivity contribution < 1.29 is 9.90 Å². The first-order valence-corrected chi connectivity index (χ1v) is 11.0. The van der Waals surface area contributed by atoms with Gasteiger partial charge < -0.3 is 10.4 Å². The largest absolute Gasteiger partial charge is 0.465 e. The predicted octanol–water partition coefficient (Wildman–Crippen LogP) is 4.57. The summed E-state index contributed by atoms with van der Waals surface area (Å²) >= 11 is 0. The van der Waals surface area contributed by atoms with Crippen LogP contribution in [0.3, 0.4) is 0 Å². The number of carboxylic acid groups (broad SMARTS) is 1. The van der Waals surface area contributed by atoms with Crippen LogP contribution in [0.25, 0.3) is 0 Å². The third-order valence-corrected chi connectivity index (χ3v) is 7.28. The molecule has 0 bridgehead atoms. The second-order valence-electron chi connectivity index (χ2n) is 8.80. The van der Waals surface area contributed by atoms with Crippen molar-refractivity contribution >= 4 is 6.09 Å². The predicted molar refractivity (Wildman–Crippen MR) is 108 cm³/mol. The van der Waals surface area contributed by atoms with E-state index in [4.69, 9.17) is 5.11 Å². The fourth-order valence-corrected chi connectivity index (χ4v) is 5.90. The number of amides is 1. The Hall–Kier alpha value is -1.55. The van der Waals surface area contributed by atoms with E-state index in [-0.39, 0.29) is 0 Å². The van der Waals surface area contributed by atoms with Crippen LogP contribution in [0.15, 0.2) is 18.2 Å². The molecule has 1 amide bonds. The van der Waals surface area contributed by atoms with Gasteiger partial charge in [-0.25, -0.2) is 4.79 Å². The molecule has 0 radical (unpaired) electrons. The molecule has 1 aromatic rings. The summed E-state index contributed by atoms with van der Waals surface area (Å²) in [5.74, 6) is 1.66. The summed E-state index contributed by atoms with van der Waals surface area (Å²) in [6, 6.07) is 7.44. The number of rotatable bonds is 6. The Balaban J connectivity index is 1.38. The van der Waals surface area contributed by atoms with Gasteiger partial charge in [-0.2, -0.15) is 0 Å². The summed E-state index contributed by atoms with van der Waals surface area (Å²) in [5.41, 5.74) is 4.42. The second kappa shape index (κ2) is 8.64. The minimum atomic E-state index is -0.927.